The molecule has 0 saturated heterocycles. The Bertz CT molecular complexity index is 121. The summed E-state index contributed by atoms with van der Waals surface area (Å²) in [6, 6.07) is 2.47. The first-order valence-electron chi connectivity index (χ1n) is 1.21. The first-order valence-corrected chi connectivity index (χ1v) is 1.21. The molecule has 0 aromatic heterocycles. The fourth-order valence-corrected chi connectivity index (χ4v) is 0. The second kappa shape index (κ2) is 42.1. The number of nitriles is 3. The summed E-state index contributed by atoms with van der Waals surface area (Å²) < 4.78 is 0. The minimum Gasteiger partial charge on any atom is -0.337 e. The van der Waals surface area contributed by atoms with E-state index < -0.39 is 0 Å². The van der Waals surface area contributed by atoms with Crippen molar-refractivity contribution >= 4 is 0 Å². The average Bonchev–Trinajstić information content (AvgIpc) is 1.69. The second-order valence-electron chi connectivity index (χ2n) is 0.353. The van der Waals surface area contributed by atoms with Gasteiger partial charge in [0, 0.05) is 16.5 Å². The summed E-state index contributed by atoms with van der Waals surface area (Å²) in [5.41, 5.74) is 4.15. The van der Waals surface area contributed by atoms with Gasteiger partial charge in [0.2, 0.25) is 0 Å². The molecule has 0 spiro atoms. The molecular weight excluding hydrogens is 151 g/mol. The zero-order chi connectivity index (χ0) is 6.12. The van der Waals surface area contributed by atoms with Crippen LogP contribution in [0.15, 0.2) is 0 Å². The molecule has 0 aromatic rings. The number of nitrogens with zero attached hydrogens (tertiary/aromatic N) is 3. The molecule has 0 heterocycles. The number of rotatable bonds is 0. The fourth-order valence-electron chi connectivity index (χ4n) is 0. The molecule has 0 amide bonds. The summed E-state index contributed by atoms with van der Waals surface area (Å²) >= 11 is 0. The van der Waals surface area contributed by atoms with E-state index in [0.29, 0.717) is 0 Å². The topological polar surface area (TPSA) is 97.4 Å². The smallest absolute Gasteiger partial charge is 0.181 e. The number of hydrogen-bond donors (Lipinski definition) is 1. The van der Waals surface area contributed by atoms with E-state index in [1.807, 2.05) is 0 Å². The van der Waals surface area contributed by atoms with E-state index in [0.717, 1.165) is 0 Å². The summed E-state index contributed by atoms with van der Waals surface area (Å²) in [6.07, 6.45) is 1.25. The van der Waals surface area contributed by atoms with Crippen molar-refractivity contribution in [3.05, 3.63) is 0 Å². The minimum atomic E-state index is 0. The summed E-state index contributed by atoms with van der Waals surface area (Å²) in [5.74, 6) is 0. The number of hydrogen-bond acceptors (Lipinski definition) is 4. The molecule has 0 fully saturated rings. The van der Waals surface area contributed by atoms with Crippen LogP contribution in [-0.4, -0.2) is 0 Å². The maximum absolute atomic E-state index is 7.26. The van der Waals surface area contributed by atoms with Gasteiger partial charge in [-0.05, 0) is 0 Å². The Morgan fingerprint density at radius 1 is 1.00 bits per heavy atom. The first kappa shape index (κ1) is 15.9. The molecular formula is C3H2N4Ni. The van der Waals surface area contributed by atoms with Crippen LogP contribution in [0, 0.1) is 34.1 Å². The summed E-state index contributed by atoms with van der Waals surface area (Å²) in [7, 11) is 0. The van der Waals surface area contributed by atoms with Crippen molar-refractivity contribution in [2.24, 2.45) is 5.73 Å². The second-order valence-corrected chi connectivity index (χ2v) is 0.353. The Hall–Kier alpha value is -1.24. The largest absolute Gasteiger partial charge is 0.337 e. The van der Waals surface area contributed by atoms with E-state index >= 15 is 0 Å². The quantitative estimate of drug-likeness (QED) is 0.286. The van der Waals surface area contributed by atoms with Crippen LogP contribution in [0.3, 0.4) is 0 Å². The van der Waals surface area contributed by atoms with Gasteiger partial charge in [-0.15, -0.1) is 0 Å². The van der Waals surface area contributed by atoms with Gasteiger partial charge in [-0.25, -0.2) is 0 Å². The van der Waals surface area contributed by atoms with E-state index in [1.165, 1.54) is 18.3 Å². The van der Waals surface area contributed by atoms with E-state index in [-0.39, 0.29) is 16.5 Å². The van der Waals surface area contributed by atoms with Crippen LogP contribution >= 0.6 is 0 Å². The zero-order valence-corrected chi connectivity index (χ0v) is 4.72. The maximum atomic E-state index is 7.26. The third-order valence-electron chi connectivity index (χ3n) is 0.0500. The molecule has 0 atom stereocenters. The van der Waals surface area contributed by atoms with Gasteiger partial charge < -0.3 is 5.73 Å². The van der Waals surface area contributed by atoms with Gasteiger partial charge in [0.25, 0.3) is 0 Å². The zero-order valence-electron chi connectivity index (χ0n) is 3.74. The Morgan fingerprint density at radius 2 is 1.12 bits per heavy atom. The van der Waals surface area contributed by atoms with Crippen LogP contribution in [0.1, 0.15) is 0 Å². The number of nitrogens with two attached hydrogens (primary N) is 1. The molecule has 0 rings (SSSR count). The summed E-state index contributed by atoms with van der Waals surface area (Å²) in [5, 5.41) is 21.6. The van der Waals surface area contributed by atoms with Crippen LogP contribution in [0.5, 0.6) is 0 Å². The van der Waals surface area contributed by atoms with Crippen molar-refractivity contribution in [3.8, 4) is 18.3 Å². The van der Waals surface area contributed by atoms with Gasteiger partial charge in [-0.2, -0.15) is 15.8 Å². The third-order valence-corrected chi connectivity index (χ3v) is 0.0500. The normalized spacial score (nSPS) is 2.12. The fraction of sp³-hybridized carbons (Fsp3) is 0. The van der Waals surface area contributed by atoms with Crippen LogP contribution in [0.4, 0.5) is 0 Å². The van der Waals surface area contributed by atoms with Gasteiger partial charge in [-0.3, -0.25) is 0 Å². The first-order chi connectivity index (χ1) is 3.33. The summed E-state index contributed by atoms with van der Waals surface area (Å²) in [4.78, 5) is 0. The van der Waals surface area contributed by atoms with Crippen molar-refractivity contribution in [2.75, 3.05) is 0 Å². The Labute approximate surface area is 57.0 Å². The molecule has 0 bridgehead atoms. The third kappa shape index (κ3) is 1210. The van der Waals surface area contributed by atoms with Crippen LogP contribution < -0.4 is 5.73 Å². The molecule has 0 aliphatic carbocycles. The van der Waals surface area contributed by atoms with Crippen molar-refractivity contribution < 1.29 is 16.5 Å². The van der Waals surface area contributed by atoms with E-state index in [1.54, 1.807) is 0 Å². The molecule has 8 heavy (non-hydrogen) atoms. The van der Waals surface area contributed by atoms with E-state index in [2.05, 4.69) is 5.73 Å². The van der Waals surface area contributed by atoms with Gasteiger partial charge in [-0.1, -0.05) is 0 Å². The summed E-state index contributed by atoms with van der Waals surface area (Å²) in [6.45, 7) is 0. The van der Waals surface area contributed by atoms with Crippen molar-refractivity contribution in [2.45, 2.75) is 0 Å². The van der Waals surface area contributed by atoms with Crippen LogP contribution in [0.25, 0.3) is 0 Å². The average molecular weight is 153 g/mol. The maximum Gasteiger partial charge on any atom is 0.181 e. The molecule has 0 unspecified atom stereocenters. The van der Waals surface area contributed by atoms with Crippen LogP contribution in [0.2, 0.25) is 0 Å². The molecule has 0 saturated carbocycles. The molecule has 0 aliphatic rings. The Morgan fingerprint density at radius 3 is 1.12 bits per heavy atom. The van der Waals surface area contributed by atoms with Gasteiger partial charge in [0.1, 0.15) is 0 Å². The van der Waals surface area contributed by atoms with Crippen molar-refractivity contribution in [3.63, 3.8) is 0 Å². The minimum absolute atomic E-state index is 0. The Balaban J connectivity index is -0.0000000575. The monoisotopic (exact) mass is 152 g/mol. The molecule has 44 valence electrons. The molecule has 5 heteroatoms. The molecule has 0 aliphatic heterocycles. The van der Waals surface area contributed by atoms with Gasteiger partial charge in [0.05, 0.1) is 0 Å². The van der Waals surface area contributed by atoms with Crippen molar-refractivity contribution in [1.29, 1.82) is 15.8 Å². The van der Waals surface area contributed by atoms with Crippen molar-refractivity contribution in [1.82, 2.24) is 0 Å². The van der Waals surface area contributed by atoms with Gasteiger partial charge in [0.15, 0.2) is 18.3 Å². The molecule has 4 nitrogen and oxygen atoms in total. The van der Waals surface area contributed by atoms with E-state index in [4.69, 9.17) is 15.8 Å². The standard InChI is InChI=1S/C2N2.CH2N2.Ni/c3-1-2-4;2-1-3;/h;2H2;. The van der Waals surface area contributed by atoms with Crippen LogP contribution in [-0.2, 0) is 16.5 Å². The van der Waals surface area contributed by atoms with E-state index in [9.17, 15) is 0 Å². The predicted octanol–water partition coefficient (Wildman–Crippen LogP) is -0.543. The molecule has 0 aromatic carbocycles. The van der Waals surface area contributed by atoms with Gasteiger partial charge >= 0.3 is 0 Å². The molecule has 0 radical (unpaired) electrons. The molecule has 2 N–H and O–H groups in total. The predicted molar refractivity (Wildman–Crippen MR) is 21.0 cm³/mol. The Kier molecular flexibility index (Phi) is 83.4. The SMILES string of the molecule is N#CC#N.N#CN.[Ni].